The Bertz CT molecular complexity index is 660. The molecule has 3 rings (SSSR count). The molecule has 1 fully saturated rings. The molecule has 1 aromatic heterocycles. The maximum atomic E-state index is 11.7. The van der Waals surface area contributed by atoms with Crippen LogP contribution < -0.4 is 10.3 Å². The van der Waals surface area contributed by atoms with Gasteiger partial charge in [0.05, 0.1) is 12.3 Å². The highest BCUT2D eigenvalue weighted by atomic mass is 16.5. The molecule has 2 aromatic rings. The van der Waals surface area contributed by atoms with Crippen LogP contribution in [0, 0.1) is 0 Å². The second-order valence-corrected chi connectivity index (χ2v) is 5.17. The van der Waals surface area contributed by atoms with Crippen LogP contribution in [0.5, 0.6) is 5.75 Å². The zero-order valence-electron chi connectivity index (χ0n) is 11.6. The van der Waals surface area contributed by atoms with Gasteiger partial charge in [-0.25, -0.2) is 4.98 Å². The van der Waals surface area contributed by atoms with E-state index in [9.17, 15) is 4.79 Å². The van der Waals surface area contributed by atoms with E-state index in [4.69, 9.17) is 4.74 Å². The summed E-state index contributed by atoms with van der Waals surface area (Å²) in [7, 11) is 0. The molecule has 0 bridgehead atoms. The fourth-order valence-corrected chi connectivity index (χ4v) is 2.15. The van der Waals surface area contributed by atoms with E-state index in [2.05, 4.69) is 16.9 Å². The molecule has 0 aliphatic heterocycles. The number of ether oxygens (including phenoxy) is 1. The van der Waals surface area contributed by atoms with Gasteiger partial charge in [0.1, 0.15) is 11.6 Å². The third-order valence-corrected chi connectivity index (χ3v) is 3.34. The summed E-state index contributed by atoms with van der Waals surface area (Å²) in [6.07, 6.45) is 3.24. The van der Waals surface area contributed by atoms with E-state index in [0.29, 0.717) is 18.3 Å². The lowest BCUT2D eigenvalue weighted by Crippen LogP contribution is -2.10. The minimum atomic E-state index is -0.0863. The Morgan fingerprint density at radius 3 is 2.95 bits per heavy atom. The summed E-state index contributed by atoms with van der Waals surface area (Å²) < 4.78 is 5.62. The first kappa shape index (κ1) is 12.9. The van der Waals surface area contributed by atoms with Gasteiger partial charge in [-0.1, -0.05) is 19.1 Å². The lowest BCUT2D eigenvalue weighted by Gasteiger charge is -2.07. The standard InChI is InChI=1S/C16H18N2O2/c1-2-8-20-13-5-3-4-12(9-13)16-17-14(11-6-7-11)10-15(19)18-16/h3-5,9-11H,2,6-8H2,1H3,(H,17,18,19). The van der Waals surface area contributed by atoms with E-state index < -0.39 is 0 Å². The molecular weight excluding hydrogens is 252 g/mol. The Kier molecular flexibility index (Phi) is 3.54. The molecule has 1 aliphatic rings. The molecule has 0 amide bonds. The third-order valence-electron chi connectivity index (χ3n) is 3.34. The SMILES string of the molecule is CCCOc1cccc(-c2nc(C3CC3)cc(=O)[nH]2)c1. The molecule has 0 saturated heterocycles. The van der Waals surface area contributed by atoms with Crippen LogP contribution in [0.3, 0.4) is 0 Å². The van der Waals surface area contributed by atoms with Gasteiger partial charge >= 0.3 is 0 Å². The van der Waals surface area contributed by atoms with Crippen molar-refractivity contribution in [1.29, 1.82) is 0 Å². The van der Waals surface area contributed by atoms with E-state index in [1.54, 1.807) is 6.07 Å². The fourth-order valence-electron chi connectivity index (χ4n) is 2.15. The van der Waals surface area contributed by atoms with Gasteiger partial charge in [0.25, 0.3) is 5.56 Å². The third kappa shape index (κ3) is 2.90. The maximum absolute atomic E-state index is 11.7. The van der Waals surface area contributed by atoms with E-state index in [-0.39, 0.29) is 5.56 Å². The predicted molar refractivity (Wildman–Crippen MR) is 78.1 cm³/mol. The number of nitrogens with one attached hydrogen (secondary N) is 1. The monoisotopic (exact) mass is 270 g/mol. The molecular formula is C16H18N2O2. The van der Waals surface area contributed by atoms with Crippen molar-refractivity contribution in [1.82, 2.24) is 9.97 Å². The molecule has 1 aliphatic carbocycles. The zero-order valence-corrected chi connectivity index (χ0v) is 11.6. The molecule has 0 atom stereocenters. The van der Waals surface area contributed by atoms with Gasteiger partial charge in [-0.05, 0) is 31.4 Å². The Balaban J connectivity index is 1.93. The van der Waals surface area contributed by atoms with Crippen LogP contribution in [0.15, 0.2) is 35.1 Å². The predicted octanol–water partition coefficient (Wildman–Crippen LogP) is 3.10. The zero-order chi connectivity index (χ0) is 13.9. The van der Waals surface area contributed by atoms with Crippen molar-refractivity contribution < 1.29 is 4.74 Å². The second kappa shape index (κ2) is 5.49. The van der Waals surface area contributed by atoms with Crippen LogP contribution in [0.4, 0.5) is 0 Å². The number of nitrogens with zero attached hydrogens (tertiary/aromatic N) is 1. The molecule has 1 aromatic carbocycles. The fraction of sp³-hybridized carbons (Fsp3) is 0.375. The van der Waals surface area contributed by atoms with Crippen LogP contribution >= 0.6 is 0 Å². The average Bonchev–Trinajstić information content (AvgIpc) is 3.29. The summed E-state index contributed by atoms with van der Waals surface area (Å²) >= 11 is 0. The van der Waals surface area contributed by atoms with Crippen LogP contribution in [0.25, 0.3) is 11.4 Å². The van der Waals surface area contributed by atoms with Crippen molar-refractivity contribution in [2.45, 2.75) is 32.1 Å². The van der Waals surface area contributed by atoms with Gasteiger partial charge < -0.3 is 9.72 Å². The van der Waals surface area contributed by atoms with Gasteiger partial charge in [-0.2, -0.15) is 0 Å². The van der Waals surface area contributed by atoms with Gasteiger partial charge in [-0.3, -0.25) is 4.79 Å². The van der Waals surface area contributed by atoms with Crippen molar-refractivity contribution >= 4 is 0 Å². The number of aromatic amines is 1. The Labute approximate surface area is 117 Å². The number of rotatable bonds is 5. The van der Waals surface area contributed by atoms with Crippen LogP contribution in [0.2, 0.25) is 0 Å². The van der Waals surface area contributed by atoms with Crippen LogP contribution in [0.1, 0.15) is 37.8 Å². The van der Waals surface area contributed by atoms with Crippen molar-refractivity contribution in [2.75, 3.05) is 6.61 Å². The number of benzene rings is 1. The number of H-pyrrole nitrogens is 1. The number of aromatic nitrogens is 2. The van der Waals surface area contributed by atoms with Crippen LogP contribution in [-0.4, -0.2) is 16.6 Å². The molecule has 104 valence electrons. The van der Waals surface area contributed by atoms with E-state index >= 15 is 0 Å². The van der Waals surface area contributed by atoms with E-state index in [1.807, 2.05) is 24.3 Å². The summed E-state index contributed by atoms with van der Waals surface area (Å²) in [5.41, 5.74) is 1.71. The molecule has 1 saturated carbocycles. The number of hydrogen-bond acceptors (Lipinski definition) is 3. The largest absolute Gasteiger partial charge is 0.494 e. The van der Waals surface area contributed by atoms with Gasteiger partial charge in [-0.15, -0.1) is 0 Å². The first-order valence-corrected chi connectivity index (χ1v) is 7.11. The Morgan fingerprint density at radius 1 is 1.35 bits per heavy atom. The second-order valence-electron chi connectivity index (χ2n) is 5.17. The quantitative estimate of drug-likeness (QED) is 0.908. The lowest BCUT2D eigenvalue weighted by atomic mass is 10.2. The van der Waals surface area contributed by atoms with Crippen molar-refractivity contribution in [3.8, 4) is 17.1 Å². The molecule has 0 unspecified atom stereocenters. The van der Waals surface area contributed by atoms with Crippen molar-refractivity contribution in [2.24, 2.45) is 0 Å². The highest BCUT2D eigenvalue weighted by molar-refractivity contribution is 5.57. The van der Waals surface area contributed by atoms with Crippen molar-refractivity contribution in [3.63, 3.8) is 0 Å². The molecule has 20 heavy (non-hydrogen) atoms. The average molecular weight is 270 g/mol. The molecule has 0 radical (unpaired) electrons. The highest BCUT2D eigenvalue weighted by Crippen LogP contribution is 2.38. The minimum Gasteiger partial charge on any atom is -0.494 e. The number of hydrogen-bond donors (Lipinski definition) is 1. The molecule has 1 N–H and O–H groups in total. The summed E-state index contributed by atoms with van der Waals surface area (Å²) in [5.74, 6) is 1.90. The van der Waals surface area contributed by atoms with Gasteiger partial charge in [0, 0.05) is 17.5 Å². The first-order valence-electron chi connectivity index (χ1n) is 7.11. The van der Waals surface area contributed by atoms with E-state index in [0.717, 1.165) is 36.3 Å². The maximum Gasteiger partial charge on any atom is 0.251 e. The molecule has 4 heteroatoms. The van der Waals surface area contributed by atoms with Gasteiger partial charge in [0.2, 0.25) is 0 Å². The lowest BCUT2D eigenvalue weighted by molar-refractivity contribution is 0.317. The van der Waals surface area contributed by atoms with E-state index in [1.165, 1.54) is 0 Å². The summed E-state index contributed by atoms with van der Waals surface area (Å²) in [6, 6.07) is 9.31. The summed E-state index contributed by atoms with van der Waals surface area (Å²) in [6.45, 7) is 2.76. The first-order chi connectivity index (χ1) is 9.76. The Hall–Kier alpha value is -2.10. The smallest absolute Gasteiger partial charge is 0.251 e. The molecule has 0 spiro atoms. The minimum absolute atomic E-state index is 0.0863. The topological polar surface area (TPSA) is 55.0 Å². The highest BCUT2D eigenvalue weighted by Gasteiger charge is 2.25. The summed E-state index contributed by atoms with van der Waals surface area (Å²) in [5, 5.41) is 0. The normalized spacial score (nSPS) is 14.2. The van der Waals surface area contributed by atoms with Crippen molar-refractivity contribution in [3.05, 3.63) is 46.4 Å². The summed E-state index contributed by atoms with van der Waals surface area (Å²) in [4.78, 5) is 19.1. The molecule has 1 heterocycles. The van der Waals surface area contributed by atoms with Crippen LogP contribution in [-0.2, 0) is 0 Å². The Morgan fingerprint density at radius 2 is 2.20 bits per heavy atom. The van der Waals surface area contributed by atoms with Gasteiger partial charge in [0.15, 0.2) is 0 Å². The molecule has 4 nitrogen and oxygen atoms in total.